The molecule has 0 aliphatic carbocycles. The van der Waals surface area contributed by atoms with Crippen molar-refractivity contribution in [1.29, 1.82) is 0 Å². The van der Waals surface area contributed by atoms with Gasteiger partial charge in [-0.05, 0) is 42.6 Å². The molecule has 5 rings (SSSR count). The molecule has 3 aromatic rings. The molecule has 2 amide bonds. The van der Waals surface area contributed by atoms with Crippen molar-refractivity contribution in [3.8, 4) is 5.75 Å². The Morgan fingerprint density at radius 3 is 2.50 bits per heavy atom. The number of rotatable bonds is 6. The zero-order valence-electron chi connectivity index (χ0n) is 18.3. The molecule has 34 heavy (non-hydrogen) atoms. The Morgan fingerprint density at radius 1 is 1.09 bits per heavy atom. The fourth-order valence-electron chi connectivity index (χ4n) is 4.35. The maximum atomic E-state index is 13.7. The molecule has 0 bridgehead atoms. The Labute approximate surface area is 207 Å². The maximum Gasteiger partial charge on any atom is 0.326 e. The van der Waals surface area contributed by atoms with Crippen LogP contribution in [0.5, 0.6) is 5.75 Å². The van der Waals surface area contributed by atoms with Gasteiger partial charge in [0.2, 0.25) is 11.8 Å². The number of ether oxygens (including phenoxy) is 2. The summed E-state index contributed by atoms with van der Waals surface area (Å²) in [6, 6.07) is 10.6. The molecule has 1 fully saturated rings. The number of benzene rings is 1. The second kappa shape index (κ2) is 9.05. The van der Waals surface area contributed by atoms with Gasteiger partial charge < -0.3 is 9.47 Å². The van der Waals surface area contributed by atoms with Gasteiger partial charge in [-0.25, -0.2) is 4.90 Å². The molecular weight excluding hydrogens is 496 g/mol. The van der Waals surface area contributed by atoms with Gasteiger partial charge in [0.15, 0.2) is 0 Å². The monoisotopic (exact) mass is 516 g/mol. The van der Waals surface area contributed by atoms with E-state index in [2.05, 4.69) is 0 Å². The highest BCUT2D eigenvalue weighted by atomic mass is 32.2. The number of imide groups is 1. The highest BCUT2D eigenvalue weighted by Crippen LogP contribution is 2.54. The van der Waals surface area contributed by atoms with Crippen LogP contribution in [-0.2, 0) is 25.7 Å². The lowest BCUT2D eigenvalue weighted by Gasteiger charge is -2.29. The predicted octanol–water partition coefficient (Wildman–Crippen LogP) is 3.34. The fourth-order valence-corrected chi connectivity index (χ4v) is 8.07. The number of anilines is 1. The lowest BCUT2D eigenvalue weighted by Crippen LogP contribution is -2.32. The van der Waals surface area contributed by atoms with Gasteiger partial charge in [0.05, 0.1) is 30.3 Å². The lowest BCUT2D eigenvalue weighted by molar-refractivity contribution is -0.144. The van der Waals surface area contributed by atoms with Crippen molar-refractivity contribution in [2.24, 2.45) is 5.92 Å². The minimum atomic E-state index is -0.711. The van der Waals surface area contributed by atoms with Crippen molar-refractivity contribution in [1.82, 2.24) is 4.57 Å². The Kier molecular flexibility index (Phi) is 6.09. The van der Waals surface area contributed by atoms with Crippen LogP contribution in [-0.4, -0.2) is 41.3 Å². The van der Waals surface area contributed by atoms with E-state index in [1.807, 2.05) is 17.5 Å². The molecule has 0 spiro atoms. The molecule has 0 unspecified atom stereocenters. The molecule has 2 aromatic heterocycles. The van der Waals surface area contributed by atoms with Gasteiger partial charge in [0.25, 0.3) is 0 Å². The summed E-state index contributed by atoms with van der Waals surface area (Å²) in [4.78, 5) is 54.8. The van der Waals surface area contributed by atoms with Crippen molar-refractivity contribution in [3.63, 3.8) is 0 Å². The van der Waals surface area contributed by atoms with Crippen LogP contribution in [0, 0.1) is 5.92 Å². The number of nitrogens with zero attached hydrogens (tertiary/aromatic N) is 2. The first-order valence-electron chi connectivity index (χ1n) is 10.6. The first-order valence-corrected chi connectivity index (χ1v) is 13.1. The molecule has 1 aromatic carbocycles. The second-order valence-electron chi connectivity index (χ2n) is 7.70. The number of amides is 2. The van der Waals surface area contributed by atoms with Crippen molar-refractivity contribution in [2.75, 3.05) is 18.6 Å². The van der Waals surface area contributed by atoms with Crippen LogP contribution in [0.1, 0.15) is 22.6 Å². The van der Waals surface area contributed by atoms with Crippen LogP contribution in [0.15, 0.2) is 51.6 Å². The molecule has 0 radical (unpaired) electrons. The average molecular weight is 517 g/mol. The van der Waals surface area contributed by atoms with Gasteiger partial charge in [-0.15, -0.1) is 11.3 Å². The summed E-state index contributed by atoms with van der Waals surface area (Å²) >= 11 is 3.69. The molecule has 0 saturated carbocycles. The topological polar surface area (TPSA) is 94.9 Å². The number of thiophene rings is 1. The van der Waals surface area contributed by atoms with Gasteiger partial charge in [0, 0.05) is 15.7 Å². The van der Waals surface area contributed by atoms with Gasteiger partial charge in [-0.2, -0.15) is 0 Å². The van der Waals surface area contributed by atoms with Crippen molar-refractivity contribution < 1.29 is 23.9 Å². The average Bonchev–Trinajstić information content (AvgIpc) is 3.52. The standard InChI is InChI=1S/C23H20N2O6S3/c1-3-31-15(26)11-24-22-19(34-23(24)29)16(14-5-4-10-32-14)17-18(33-22)21(28)25(20(17)27)12-6-8-13(30-2)9-7-12/h4-10,16-18H,3,11H2,1-2H3/t16-,17-,18+/m0/s1. The fraction of sp³-hybridized carbons (Fsp3) is 0.304. The predicted molar refractivity (Wildman–Crippen MR) is 130 cm³/mol. The Bertz CT molecular complexity index is 1310. The van der Waals surface area contributed by atoms with E-state index < -0.39 is 23.1 Å². The Balaban J connectivity index is 1.59. The normalized spacial score (nSPS) is 21.4. The van der Waals surface area contributed by atoms with Gasteiger partial charge in [0.1, 0.15) is 17.5 Å². The van der Waals surface area contributed by atoms with E-state index >= 15 is 0 Å². The number of hydrogen-bond donors (Lipinski definition) is 0. The summed E-state index contributed by atoms with van der Waals surface area (Å²) in [7, 11) is 1.55. The first kappa shape index (κ1) is 22.9. The molecule has 8 nitrogen and oxygen atoms in total. The van der Waals surface area contributed by atoms with Crippen molar-refractivity contribution >= 4 is 57.9 Å². The van der Waals surface area contributed by atoms with Crippen LogP contribution in [0.2, 0.25) is 0 Å². The summed E-state index contributed by atoms with van der Waals surface area (Å²) in [5.41, 5.74) is 0.475. The third-order valence-corrected chi connectivity index (χ3v) is 9.38. The summed E-state index contributed by atoms with van der Waals surface area (Å²) in [5.74, 6) is -1.62. The number of methoxy groups -OCH3 is 1. The summed E-state index contributed by atoms with van der Waals surface area (Å²) in [6.07, 6.45) is 0. The first-order chi connectivity index (χ1) is 16.4. The van der Waals surface area contributed by atoms with Gasteiger partial charge >= 0.3 is 10.8 Å². The highest BCUT2D eigenvalue weighted by Gasteiger charge is 2.57. The van der Waals surface area contributed by atoms with Crippen LogP contribution in [0.4, 0.5) is 5.69 Å². The number of carbonyl (C=O) groups excluding carboxylic acids is 3. The van der Waals surface area contributed by atoms with Crippen LogP contribution < -0.4 is 14.5 Å². The Morgan fingerprint density at radius 2 is 1.85 bits per heavy atom. The molecule has 1 saturated heterocycles. The zero-order chi connectivity index (χ0) is 24.0. The van der Waals surface area contributed by atoms with Crippen LogP contribution in [0.3, 0.4) is 0 Å². The van der Waals surface area contributed by atoms with E-state index in [1.165, 1.54) is 32.6 Å². The summed E-state index contributed by atoms with van der Waals surface area (Å²) in [6.45, 7) is 1.68. The van der Waals surface area contributed by atoms with E-state index in [4.69, 9.17) is 9.47 Å². The second-order valence-corrected chi connectivity index (χ2v) is 10.8. The molecule has 4 heterocycles. The number of thioether (sulfide) groups is 1. The third-order valence-electron chi connectivity index (χ3n) is 5.82. The quantitative estimate of drug-likeness (QED) is 0.366. The van der Waals surface area contributed by atoms with E-state index in [1.54, 1.807) is 38.3 Å². The van der Waals surface area contributed by atoms with E-state index in [0.29, 0.717) is 21.3 Å². The number of carbonyl (C=O) groups is 3. The van der Waals surface area contributed by atoms with E-state index in [0.717, 1.165) is 16.2 Å². The van der Waals surface area contributed by atoms with E-state index in [-0.39, 0.29) is 29.8 Å². The van der Waals surface area contributed by atoms with Gasteiger partial charge in [-0.3, -0.25) is 23.7 Å². The van der Waals surface area contributed by atoms with Crippen molar-refractivity contribution in [2.45, 2.75) is 29.7 Å². The largest absolute Gasteiger partial charge is 0.497 e. The number of hydrogen-bond acceptors (Lipinski definition) is 9. The van der Waals surface area contributed by atoms with E-state index in [9.17, 15) is 19.2 Å². The molecule has 176 valence electrons. The smallest absolute Gasteiger partial charge is 0.326 e. The van der Waals surface area contributed by atoms with Crippen LogP contribution >= 0.6 is 34.4 Å². The molecule has 2 aliphatic rings. The molecule has 2 aliphatic heterocycles. The zero-order valence-corrected chi connectivity index (χ0v) is 20.7. The molecule has 0 N–H and O–H groups in total. The van der Waals surface area contributed by atoms with Crippen LogP contribution in [0.25, 0.3) is 0 Å². The summed E-state index contributed by atoms with van der Waals surface area (Å²) in [5, 5.41) is 1.75. The van der Waals surface area contributed by atoms with Gasteiger partial charge in [-0.1, -0.05) is 29.2 Å². The number of esters is 1. The maximum absolute atomic E-state index is 13.7. The highest BCUT2D eigenvalue weighted by molar-refractivity contribution is 8.00. The number of thiazole rings is 1. The third kappa shape index (κ3) is 3.68. The summed E-state index contributed by atoms with van der Waals surface area (Å²) < 4.78 is 11.6. The molecular formula is C23H20N2O6S3. The number of aromatic nitrogens is 1. The molecule has 11 heteroatoms. The minimum Gasteiger partial charge on any atom is -0.497 e. The number of fused-ring (bicyclic) bond motifs is 2. The SMILES string of the molecule is CCOC(=O)Cn1c2c(sc1=O)[C@@H](c1cccs1)[C@@H]1C(=O)N(c3ccc(OC)cc3)C(=O)[C@@H]1S2. The Hall–Kier alpha value is -2.89. The van der Waals surface area contributed by atoms with Crippen molar-refractivity contribution in [3.05, 3.63) is 61.2 Å². The minimum absolute atomic E-state index is 0.208. The molecule has 3 atom stereocenters. The lowest BCUT2D eigenvalue weighted by atomic mass is 9.87.